The van der Waals surface area contributed by atoms with Crippen molar-refractivity contribution in [3.05, 3.63) is 52.8 Å². The predicted molar refractivity (Wildman–Crippen MR) is 123 cm³/mol. The third kappa shape index (κ3) is 3.63. The first-order valence-electron chi connectivity index (χ1n) is 10.2. The highest BCUT2D eigenvalue weighted by atomic mass is 16.5. The first-order valence-corrected chi connectivity index (χ1v) is 10.2. The molecular weight excluding hydrogens is 390 g/mol. The Morgan fingerprint density at radius 1 is 1.00 bits per heavy atom. The summed E-state index contributed by atoms with van der Waals surface area (Å²) in [6.07, 6.45) is 0. The lowest BCUT2D eigenvalue weighted by Crippen LogP contribution is -2.13. The van der Waals surface area contributed by atoms with Crippen molar-refractivity contribution < 1.29 is 14.3 Å². The Morgan fingerprint density at radius 3 is 2.39 bits per heavy atom. The fourth-order valence-electron chi connectivity index (χ4n) is 3.91. The third-order valence-corrected chi connectivity index (χ3v) is 5.57. The Hall–Kier alpha value is -3.41. The molecule has 0 amide bonds. The molecule has 2 heterocycles. The summed E-state index contributed by atoms with van der Waals surface area (Å²) in [4.78, 5) is 25.3. The normalized spacial score (nSPS) is 11.8. The fourth-order valence-corrected chi connectivity index (χ4v) is 3.91. The Balaban J connectivity index is 2.10. The molecule has 0 saturated carbocycles. The van der Waals surface area contributed by atoms with Crippen LogP contribution in [0.25, 0.3) is 33.2 Å². The molecule has 4 aromatic rings. The van der Waals surface area contributed by atoms with Crippen molar-refractivity contribution in [1.82, 2.24) is 15.0 Å². The number of nitrogens with one attached hydrogen (secondary N) is 1. The number of carbonyl (C=O) groups excluding carboxylic acids is 1. The number of carbonyl (C=O) groups is 1. The van der Waals surface area contributed by atoms with Crippen LogP contribution in [0.1, 0.15) is 48.1 Å². The summed E-state index contributed by atoms with van der Waals surface area (Å²) in [5, 5.41) is 1.88. The predicted octanol–water partition coefficient (Wildman–Crippen LogP) is 5.49. The van der Waals surface area contributed by atoms with Gasteiger partial charge in [0, 0.05) is 16.5 Å². The number of H-pyrrole nitrogens is 1. The van der Waals surface area contributed by atoms with Crippen molar-refractivity contribution in [2.75, 3.05) is 14.2 Å². The van der Waals surface area contributed by atoms with Gasteiger partial charge in [-0.15, -0.1) is 0 Å². The van der Waals surface area contributed by atoms with E-state index in [4.69, 9.17) is 14.5 Å². The number of aryl methyl sites for hydroxylation is 2. The molecule has 0 bridgehead atoms. The second-order valence-corrected chi connectivity index (χ2v) is 8.88. The number of aromatic nitrogens is 3. The van der Waals surface area contributed by atoms with Crippen LogP contribution >= 0.6 is 0 Å². The van der Waals surface area contributed by atoms with Crippen LogP contribution in [0.2, 0.25) is 0 Å². The first-order chi connectivity index (χ1) is 14.6. The van der Waals surface area contributed by atoms with Crippen molar-refractivity contribution in [3.8, 4) is 17.0 Å². The number of benzene rings is 2. The van der Waals surface area contributed by atoms with Crippen LogP contribution in [0, 0.1) is 13.8 Å². The van der Waals surface area contributed by atoms with E-state index in [1.165, 1.54) is 7.11 Å². The van der Waals surface area contributed by atoms with Gasteiger partial charge in [0.1, 0.15) is 17.2 Å². The van der Waals surface area contributed by atoms with Crippen LogP contribution in [0.15, 0.2) is 30.3 Å². The molecule has 0 spiro atoms. The smallest absolute Gasteiger partial charge is 0.337 e. The topological polar surface area (TPSA) is 77.1 Å². The largest absolute Gasteiger partial charge is 0.496 e. The van der Waals surface area contributed by atoms with Gasteiger partial charge in [0.25, 0.3) is 0 Å². The number of hydrogen-bond acceptors (Lipinski definition) is 5. The highest BCUT2D eigenvalue weighted by Crippen LogP contribution is 2.37. The van der Waals surface area contributed by atoms with Gasteiger partial charge in [-0.2, -0.15) is 0 Å². The van der Waals surface area contributed by atoms with Crippen LogP contribution in [0.4, 0.5) is 0 Å². The molecule has 6 nitrogen and oxygen atoms in total. The van der Waals surface area contributed by atoms with Gasteiger partial charge in [0.15, 0.2) is 0 Å². The molecule has 2 aromatic heterocycles. The van der Waals surface area contributed by atoms with Gasteiger partial charge in [-0.1, -0.05) is 20.8 Å². The van der Waals surface area contributed by atoms with Gasteiger partial charge in [-0.3, -0.25) is 0 Å². The second kappa shape index (κ2) is 7.38. The van der Waals surface area contributed by atoms with Crippen LogP contribution in [-0.2, 0) is 10.2 Å². The number of fused-ring (bicyclic) bond motifs is 3. The number of nitrogens with zero attached hydrogens (tertiary/aromatic N) is 2. The Kier molecular flexibility index (Phi) is 4.96. The molecule has 4 rings (SSSR count). The lowest BCUT2D eigenvalue weighted by molar-refractivity contribution is 0.0600. The van der Waals surface area contributed by atoms with Gasteiger partial charge in [0.05, 0.1) is 30.9 Å². The van der Waals surface area contributed by atoms with Crippen molar-refractivity contribution in [2.24, 2.45) is 0 Å². The van der Waals surface area contributed by atoms with Crippen LogP contribution in [0.5, 0.6) is 5.75 Å². The average molecular weight is 418 g/mol. The van der Waals surface area contributed by atoms with Gasteiger partial charge in [-0.05, 0) is 60.7 Å². The maximum atomic E-state index is 12.4. The lowest BCUT2D eigenvalue weighted by atomic mass is 9.84. The second-order valence-electron chi connectivity index (χ2n) is 8.88. The molecule has 2 aromatic carbocycles. The molecule has 0 aliphatic carbocycles. The SMILES string of the molecule is COC(=O)c1cc(-c2nc(C)nc3[nH]c4cc(C)c(OC)cc4c23)cc(C(C)(C)C)c1. The quantitative estimate of drug-likeness (QED) is 0.446. The Morgan fingerprint density at radius 2 is 1.74 bits per heavy atom. The molecule has 0 fully saturated rings. The summed E-state index contributed by atoms with van der Waals surface area (Å²) in [5.74, 6) is 1.09. The molecular formula is C25H27N3O3. The first kappa shape index (κ1) is 20.8. The third-order valence-electron chi connectivity index (χ3n) is 5.57. The minimum Gasteiger partial charge on any atom is -0.496 e. The highest BCUT2D eigenvalue weighted by Gasteiger charge is 2.21. The van der Waals surface area contributed by atoms with Crippen LogP contribution in [-0.4, -0.2) is 35.1 Å². The highest BCUT2D eigenvalue weighted by molar-refractivity contribution is 6.12. The van der Waals surface area contributed by atoms with E-state index < -0.39 is 0 Å². The van der Waals surface area contributed by atoms with Gasteiger partial charge < -0.3 is 14.5 Å². The van der Waals surface area contributed by atoms with Crippen molar-refractivity contribution >= 4 is 27.9 Å². The van der Waals surface area contributed by atoms with E-state index >= 15 is 0 Å². The summed E-state index contributed by atoms with van der Waals surface area (Å²) in [6.45, 7) is 10.2. The summed E-state index contributed by atoms with van der Waals surface area (Å²) < 4.78 is 10.6. The van der Waals surface area contributed by atoms with E-state index in [1.54, 1.807) is 7.11 Å². The van der Waals surface area contributed by atoms with E-state index in [9.17, 15) is 4.79 Å². The molecule has 0 radical (unpaired) electrons. The van der Waals surface area contributed by atoms with Gasteiger partial charge in [0.2, 0.25) is 0 Å². The lowest BCUT2D eigenvalue weighted by Gasteiger charge is -2.21. The molecule has 0 aliphatic rings. The van der Waals surface area contributed by atoms with E-state index in [0.29, 0.717) is 11.4 Å². The number of methoxy groups -OCH3 is 2. The molecule has 0 saturated heterocycles. The molecule has 31 heavy (non-hydrogen) atoms. The number of esters is 1. The zero-order valence-corrected chi connectivity index (χ0v) is 19.0. The molecule has 6 heteroatoms. The standard InChI is InChI=1S/C25H27N3O3/c1-13-8-19-18(12-20(13)30-6)21-22(26-14(2)27-23(21)28-19)15-9-16(24(29)31-7)11-17(10-15)25(3,4)5/h8-12H,1-7H3,(H,26,27,28). The number of ether oxygens (including phenoxy) is 2. The monoisotopic (exact) mass is 417 g/mol. The molecule has 0 atom stereocenters. The summed E-state index contributed by atoms with van der Waals surface area (Å²) in [6, 6.07) is 9.90. The van der Waals surface area contributed by atoms with Crippen molar-refractivity contribution in [1.29, 1.82) is 0 Å². The average Bonchev–Trinajstić information content (AvgIpc) is 3.07. The summed E-state index contributed by atoms with van der Waals surface area (Å²) in [5.41, 5.74) is 5.77. The number of hydrogen-bond donors (Lipinski definition) is 1. The minimum absolute atomic E-state index is 0.152. The summed E-state index contributed by atoms with van der Waals surface area (Å²) >= 11 is 0. The van der Waals surface area contributed by atoms with E-state index in [1.807, 2.05) is 32.0 Å². The fraction of sp³-hybridized carbons (Fsp3) is 0.320. The van der Waals surface area contributed by atoms with Gasteiger partial charge >= 0.3 is 5.97 Å². The van der Waals surface area contributed by atoms with Gasteiger partial charge in [-0.25, -0.2) is 14.8 Å². The molecule has 0 unspecified atom stereocenters. The number of rotatable bonds is 3. The minimum atomic E-state index is -0.370. The van der Waals surface area contributed by atoms with E-state index in [-0.39, 0.29) is 11.4 Å². The zero-order valence-electron chi connectivity index (χ0n) is 19.0. The van der Waals surface area contributed by atoms with Crippen LogP contribution in [0.3, 0.4) is 0 Å². The summed E-state index contributed by atoms with van der Waals surface area (Å²) in [7, 11) is 3.06. The molecule has 1 N–H and O–H groups in total. The van der Waals surface area contributed by atoms with Crippen molar-refractivity contribution in [2.45, 2.75) is 40.0 Å². The zero-order chi connectivity index (χ0) is 22.5. The van der Waals surface area contributed by atoms with Crippen molar-refractivity contribution in [3.63, 3.8) is 0 Å². The molecule has 0 aliphatic heterocycles. The van der Waals surface area contributed by atoms with Crippen LogP contribution < -0.4 is 4.74 Å². The van der Waals surface area contributed by atoms with E-state index in [2.05, 4.69) is 42.9 Å². The Labute approximate surface area is 181 Å². The Bertz CT molecular complexity index is 1330. The molecule has 160 valence electrons. The number of aromatic amines is 1. The maximum Gasteiger partial charge on any atom is 0.337 e. The van der Waals surface area contributed by atoms with E-state index in [0.717, 1.165) is 50.1 Å². The maximum absolute atomic E-state index is 12.4.